The molecule has 15 nitrogen and oxygen atoms in total. The van der Waals surface area contributed by atoms with E-state index in [1.54, 1.807) is 29.2 Å². The molecule has 0 radical (unpaired) electrons. The number of rotatable bonds is 19. The zero-order valence-corrected chi connectivity index (χ0v) is 25.2. The maximum atomic E-state index is 12.0. The molecule has 0 spiro atoms. The van der Waals surface area contributed by atoms with E-state index in [-0.39, 0.29) is 23.7 Å². The van der Waals surface area contributed by atoms with E-state index in [0.29, 0.717) is 36.9 Å². The Bertz CT molecular complexity index is 1200. The molecule has 1 aromatic rings. The van der Waals surface area contributed by atoms with Crippen molar-refractivity contribution in [2.75, 3.05) is 44.6 Å². The number of carbonyl (C=O) groups is 5. The summed E-state index contributed by atoms with van der Waals surface area (Å²) in [6, 6.07) is 4.83. The van der Waals surface area contributed by atoms with Gasteiger partial charge < -0.3 is 36.3 Å². The Morgan fingerprint density at radius 3 is 1.66 bits per heavy atom. The average molecular weight is 638 g/mol. The first-order valence-corrected chi connectivity index (χ1v) is 14.3. The van der Waals surface area contributed by atoms with Crippen LogP contribution >= 0.6 is 12.2 Å². The minimum absolute atomic E-state index is 0.0842. The first kappa shape index (κ1) is 36.2. The van der Waals surface area contributed by atoms with Crippen molar-refractivity contribution in [2.24, 2.45) is 0 Å². The van der Waals surface area contributed by atoms with E-state index in [0.717, 1.165) is 0 Å². The molecule has 0 aromatic heterocycles. The van der Waals surface area contributed by atoms with Crippen LogP contribution in [0.2, 0.25) is 0 Å². The van der Waals surface area contributed by atoms with Crippen LogP contribution in [-0.2, 0) is 30.4 Å². The number of anilines is 1. The van der Waals surface area contributed by atoms with E-state index in [4.69, 9.17) is 17.6 Å². The molecule has 0 saturated heterocycles. The third-order valence-electron chi connectivity index (χ3n) is 7.31. The summed E-state index contributed by atoms with van der Waals surface area (Å²) in [7, 11) is 0. The molecule has 242 valence electrons. The second kappa shape index (κ2) is 17.3. The van der Waals surface area contributed by atoms with Crippen molar-refractivity contribution < 1.29 is 49.5 Å². The third-order valence-corrected chi connectivity index (χ3v) is 7.72. The van der Waals surface area contributed by atoms with Crippen LogP contribution in [0, 0.1) is 5.41 Å². The fraction of sp³-hybridized carbons (Fsp3) is 0.536. The van der Waals surface area contributed by atoms with Crippen molar-refractivity contribution in [3.63, 3.8) is 0 Å². The lowest BCUT2D eigenvalue weighted by atomic mass is 9.87. The largest absolute Gasteiger partial charge is 0.480 e. The number of hydrogen-bond donors (Lipinski definition) is 7. The topological polar surface area (TPSA) is 232 Å². The van der Waals surface area contributed by atoms with Gasteiger partial charge >= 0.3 is 29.8 Å². The minimum atomic E-state index is -1.28. The van der Waals surface area contributed by atoms with Crippen LogP contribution in [0.15, 0.2) is 24.3 Å². The van der Waals surface area contributed by atoms with Crippen molar-refractivity contribution in [3.05, 3.63) is 29.8 Å². The Kier molecular flexibility index (Phi) is 14.3. The molecule has 1 fully saturated rings. The summed E-state index contributed by atoms with van der Waals surface area (Å²) in [5, 5.41) is 58.5. The molecule has 0 aliphatic heterocycles. The smallest absolute Gasteiger partial charge is 0.317 e. The molecule has 1 saturated carbocycles. The van der Waals surface area contributed by atoms with Gasteiger partial charge in [-0.25, -0.2) is 0 Å². The predicted octanol–water partition coefficient (Wildman–Crippen LogP) is 1.02. The Labute approximate surface area is 259 Å². The Morgan fingerprint density at radius 2 is 1.23 bits per heavy atom. The van der Waals surface area contributed by atoms with Gasteiger partial charge in [-0.05, 0) is 43.9 Å². The number of carboxylic acids is 5. The number of nitrogens with zero attached hydrogens (tertiary/aromatic N) is 3. The fourth-order valence-corrected chi connectivity index (χ4v) is 5.65. The highest BCUT2D eigenvalue weighted by Gasteiger charge is 2.38. The van der Waals surface area contributed by atoms with Gasteiger partial charge in [0.1, 0.15) is 4.99 Å². The molecule has 1 aromatic carbocycles. The molecular formula is C28H39N5O10S. The molecule has 7 N–H and O–H groups in total. The van der Waals surface area contributed by atoms with Gasteiger partial charge in [-0.15, -0.1) is 0 Å². The molecule has 0 unspecified atom stereocenters. The molecule has 0 bridgehead atoms. The number of benzene rings is 1. The van der Waals surface area contributed by atoms with E-state index >= 15 is 0 Å². The lowest BCUT2D eigenvalue weighted by Gasteiger charge is -2.45. The van der Waals surface area contributed by atoms with E-state index in [2.05, 4.69) is 5.32 Å². The summed E-state index contributed by atoms with van der Waals surface area (Å²) >= 11 is 5.12. The lowest BCUT2D eigenvalue weighted by molar-refractivity contribution is -0.146. The van der Waals surface area contributed by atoms with Crippen LogP contribution in [0.5, 0.6) is 0 Å². The molecule has 0 amide bonds. The molecule has 16 heteroatoms. The van der Waals surface area contributed by atoms with Gasteiger partial charge in [-0.2, -0.15) is 0 Å². The van der Waals surface area contributed by atoms with E-state index in [9.17, 15) is 49.5 Å². The molecule has 3 atom stereocenters. The highest BCUT2D eigenvalue weighted by atomic mass is 32.1. The van der Waals surface area contributed by atoms with Gasteiger partial charge in [0.2, 0.25) is 0 Å². The molecule has 44 heavy (non-hydrogen) atoms. The highest BCUT2D eigenvalue weighted by Crippen LogP contribution is 2.28. The Hall–Kier alpha value is -3.99. The van der Waals surface area contributed by atoms with Gasteiger partial charge in [0.25, 0.3) is 0 Å². The molecular weight excluding hydrogens is 598 g/mol. The zero-order valence-electron chi connectivity index (χ0n) is 24.3. The minimum Gasteiger partial charge on any atom is -0.480 e. The van der Waals surface area contributed by atoms with Crippen LogP contribution < -0.4 is 5.32 Å². The van der Waals surface area contributed by atoms with E-state index in [1.165, 1.54) is 16.7 Å². The maximum absolute atomic E-state index is 12.0. The lowest BCUT2D eigenvalue weighted by Crippen LogP contribution is -2.59. The number of thiocarbonyl (C=S) groups is 1. The summed E-state index contributed by atoms with van der Waals surface area (Å²) < 4.78 is 0. The predicted molar refractivity (Wildman–Crippen MR) is 162 cm³/mol. The second-order valence-corrected chi connectivity index (χ2v) is 11.2. The number of aliphatic carboxylic acids is 5. The highest BCUT2D eigenvalue weighted by molar-refractivity contribution is 7.82. The first-order valence-electron chi connectivity index (χ1n) is 13.9. The fourth-order valence-electron chi connectivity index (χ4n) is 5.53. The van der Waals surface area contributed by atoms with Crippen molar-refractivity contribution >= 4 is 58.5 Å². The van der Waals surface area contributed by atoms with Gasteiger partial charge in [-0.3, -0.25) is 38.7 Å². The zero-order chi connectivity index (χ0) is 33.0. The van der Waals surface area contributed by atoms with Crippen molar-refractivity contribution in [3.8, 4) is 0 Å². The van der Waals surface area contributed by atoms with Gasteiger partial charge in [-0.1, -0.05) is 37.2 Å². The monoisotopic (exact) mass is 637 g/mol. The number of hydrogen-bond acceptors (Lipinski definition) is 10. The summed E-state index contributed by atoms with van der Waals surface area (Å²) in [5.41, 5.74) is 1.46. The molecule has 0 heterocycles. The van der Waals surface area contributed by atoms with Crippen molar-refractivity contribution in [1.82, 2.24) is 14.7 Å². The quantitative estimate of drug-likeness (QED) is 0.0829. The van der Waals surface area contributed by atoms with Gasteiger partial charge in [0, 0.05) is 30.4 Å². The Morgan fingerprint density at radius 1 is 0.795 bits per heavy atom. The number of nitrogens with one attached hydrogen (secondary N) is 2. The SMILES string of the molecule is CC(=N)C(=S)Nc1ccc(C[C@H](CN(CC(=O)O)[C@H]2CCCC[C@@H]2N(CC(=O)O)CC(=O)O)N(CC(=O)O)CC(=O)O)cc1. The molecule has 2 rings (SSSR count). The summed E-state index contributed by atoms with van der Waals surface area (Å²) in [4.78, 5) is 63.1. The normalized spacial score (nSPS) is 17.3. The molecule has 1 aliphatic carbocycles. The first-order chi connectivity index (χ1) is 20.7. The summed E-state index contributed by atoms with van der Waals surface area (Å²) in [6.45, 7) is -1.46. The van der Waals surface area contributed by atoms with Gasteiger partial charge in [0.15, 0.2) is 0 Å². The van der Waals surface area contributed by atoms with Crippen LogP contribution in [0.4, 0.5) is 5.69 Å². The molecule has 1 aliphatic rings. The van der Waals surface area contributed by atoms with E-state index in [1.807, 2.05) is 0 Å². The second-order valence-electron chi connectivity index (χ2n) is 10.8. The van der Waals surface area contributed by atoms with Crippen LogP contribution in [-0.4, -0.2) is 138 Å². The number of carboxylic acid groups (broad SMARTS) is 5. The average Bonchev–Trinajstić information content (AvgIpc) is 2.91. The maximum Gasteiger partial charge on any atom is 0.317 e. The standard InChI is InChI=1S/C28H39N5O10S/c1-17(29)28(44)30-19-8-6-18(7-9-19)10-20(31(12-23(34)35)13-24(36)37)11-32(14-25(38)39)21-4-2-3-5-22(21)33(15-26(40)41)16-27(42)43/h6-9,20-22,29H,2-5,10-16H2,1H3,(H,30,44)(H,34,35)(H,36,37)(H,38,39)(H,40,41)(H,42,43)/t20-,21+,22+/m1/s1. The van der Waals surface area contributed by atoms with Crippen molar-refractivity contribution in [2.45, 2.75) is 57.2 Å². The van der Waals surface area contributed by atoms with Gasteiger partial charge in [0.05, 0.1) is 38.4 Å². The summed E-state index contributed by atoms with van der Waals surface area (Å²) in [5.74, 6) is -6.22. The summed E-state index contributed by atoms with van der Waals surface area (Å²) in [6.07, 6.45) is 2.34. The van der Waals surface area contributed by atoms with E-state index < -0.39 is 80.7 Å². The van der Waals surface area contributed by atoms with Crippen LogP contribution in [0.1, 0.15) is 38.2 Å². The van der Waals surface area contributed by atoms with Crippen LogP contribution in [0.25, 0.3) is 0 Å². The Balaban J connectivity index is 2.49. The van der Waals surface area contributed by atoms with Crippen LogP contribution in [0.3, 0.4) is 0 Å². The van der Waals surface area contributed by atoms with Crippen molar-refractivity contribution in [1.29, 1.82) is 5.41 Å². The third kappa shape index (κ3) is 12.3.